The van der Waals surface area contributed by atoms with Crippen molar-refractivity contribution >= 4 is 29.9 Å². The Balaban J connectivity index is 0.00000729. The summed E-state index contributed by atoms with van der Waals surface area (Å²) in [6.07, 6.45) is 0.949. The quantitative estimate of drug-likeness (QED) is 0.174. The molecule has 0 fully saturated rings. The van der Waals surface area contributed by atoms with Crippen molar-refractivity contribution in [2.24, 2.45) is 4.99 Å². The average Bonchev–Trinajstić information content (AvgIpc) is 2.70. The number of hydrogen-bond donors (Lipinski definition) is 2. The molecule has 0 amide bonds. The topological polar surface area (TPSA) is 67.3 Å². The normalized spacial score (nSPS) is 11.2. The molecule has 0 atom stereocenters. The Hall–Kier alpha value is -1.10. The predicted octanol–water partition coefficient (Wildman–Crippen LogP) is 2.35. The first kappa shape index (κ1) is 26.9. The molecule has 0 radical (unpaired) electrons. The number of aliphatic imine (C=N–C) groups is 1. The summed E-state index contributed by atoms with van der Waals surface area (Å²) >= 11 is 0. The number of likely N-dealkylation sites (N-methyl/N-ethyl adjacent to an activating group) is 1. The molecule has 0 aromatic heterocycles. The van der Waals surface area contributed by atoms with E-state index in [0.717, 1.165) is 69.7 Å². The van der Waals surface area contributed by atoms with E-state index in [0.29, 0.717) is 6.54 Å². The number of guanidine groups is 1. The predicted molar refractivity (Wildman–Crippen MR) is 126 cm³/mol. The van der Waals surface area contributed by atoms with Gasteiger partial charge in [0.1, 0.15) is 5.75 Å². The fourth-order valence-corrected chi connectivity index (χ4v) is 2.33. The standard InChI is InChI=1S/C20H36N4O3.HI/c1-5-27-15-6-11-21-20(22-12-13-24(2)14-16-25-3)23-17-18-7-9-19(26-4)10-8-18;/h7-10H,5-6,11-17H2,1-4H3,(H2,21,22,23);1H. The van der Waals surface area contributed by atoms with Gasteiger partial charge in [0.05, 0.1) is 20.3 Å². The van der Waals surface area contributed by atoms with E-state index in [-0.39, 0.29) is 24.0 Å². The monoisotopic (exact) mass is 508 g/mol. The highest BCUT2D eigenvalue weighted by atomic mass is 127. The van der Waals surface area contributed by atoms with Gasteiger partial charge < -0.3 is 29.7 Å². The number of nitrogens with one attached hydrogen (secondary N) is 2. The largest absolute Gasteiger partial charge is 0.497 e. The summed E-state index contributed by atoms with van der Waals surface area (Å²) in [6, 6.07) is 7.98. The second-order valence-corrected chi connectivity index (χ2v) is 6.21. The van der Waals surface area contributed by atoms with Crippen molar-refractivity contribution in [1.82, 2.24) is 15.5 Å². The Morgan fingerprint density at radius 1 is 1.04 bits per heavy atom. The fraction of sp³-hybridized carbons (Fsp3) is 0.650. The van der Waals surface area contributed by atoms with Crippen LogP contribution < -0.4 is 15.4 Å². The van der Waals surface area contributed by atoms with Crippen LogP contribution >= 0.6 is 24.0 Å². The first-order valence-electron chi connectivity index (χ1n) is 9.60. The molecule has 0 aliphatic rings. The van der Waals surface area contributed by atoms with Crippen LogP contribution in [0.5, 0.6) is 5.75 Å². The van der Waals surface area contributed by atoms with Crippen molar-refractivity contribution in [3.63, 3.8) is 0 Å². The number of benzene rings is 1. The molecule has 0 aliphatic carbocycles. The highest BCUT2D eigenvalue weighted by molar-refractivity contribution is 14.0. The molecule has 0 aliphatic heterocycles. The molecule has 0 saturated carbocycles. The molecule has 1 aromatic rings. The minimum Gasteiger partial charge on any atom is -0.497 e. The van der Waals surface area contributed by atoms with E-state index in [4.69, 9.17) is 19.2 Å². The highest BCUT2D eigenvalue weighted by Gasteiger charge is 2.02. The Labute approximate surface area is 187 Å². The van der Waals surface area contributed by atoms with E-state index >= 15 is 0 Å². The lowest BCUT2D eigenvalue weighted by molar-refractivity contribution is 0.145. The van der Waals surface area contributed by atoms with Gasteiger partial charge in [0.15, 0.2) is 5.96 Å². The first-order chi connectivity index (χ1) is 13.2. The second-order valence-electron chi connectivity index (χ2n) is 6.21. The van der Waals surface area contributed by atoms with Gasteiger partial charge >= 0.3 is 0 Å². The zero-order chi connectivity index (χ0) is 19.7. The SMILES string of the molecule is CCOCCCNC(=NCc1ccc(OC)cc1)NCCN(C)CCOC.I. The molecule has 0 saturated heterocycles. The molecule has 0 spiro atoms. The van der Waals surface area contributed by atoms with E-state index in [1.54, 1.807) is 14.2 Å². The van der Waals surface area contributed by atoms with Crippen LogP contribution in [0.25, 0.3) is 0 Å². The van der Waals surface area contributed by atoms with Crippen LogP contribution in [0.4, 0.5) is 0 Å². The molecule has 1 aromatic carbocycles. The molecule has 8 heteroatoms. The maximum absolute atomic E-state index is 5.39. The van der Waals surface area contributed by atoms with E-state index in [2.05, 4.69) is 22.6 Å². The van der Waals surface area contributed by atoms with E-state index in [1.807, 2.05) is 31.2 Å². The molecule has 1 rings (SSSR count). The lowest BCUT2D eigenvalue weighted by Gasteiger charge is -2.18. The van der Waals surface area contributed by atoms with Crippen molar-refractivity contribution in [3.8, 4) is 5.75 Å². The first-order valence-corrected chi connectivity index (χ1v) is 9.60. The maximum atomic E-state index is 5.39. The van der Waals surface area contributed by atoms with Crippen LogP contribution in [0, 0.1) is 0 Å². The van der Waals surface area contributed by atoms with Gasteiger partial charge in [-0.3, -0.25) is 0 Å². The van der Waals surface area contributed by atoms with Gasteiger partial charge in [-0.05, 0) is 38.1 Å². The molecule has 0 heterocycles. The van der Waals surface area contributed by atoms with E-state index in [9.17, 15) is 0 Å². The van der Waals surface area contributed by atoms with Gasteiger partial charge in [-0.25, -0.2) is 4.99 Å². The summed E-state index contributed by atoms with van der Waals surface area (Å²) in [7, 11) is 5.48. The maximum Gasteiger partial charge on any atom is 0.191 e. The Bertz CT molecular complexity index is 515. The van der Waals surface area contributed by atoms with Crippen molar-refractivity contribution in [3.05, 3.63) is 29.8 Å². The van der Waals surface area contributed by atoms with Crippen molar-refractivity contribution < 1.29 is 14.2 Å². The minimum absolute atomic E-state index is 0. The van der Waals surface area contributed by atoms with Crippen molar-refractivity contribution in [1.29, 1.82) is 0 Å². The number of halogens is 1. The number of hydrogen-bond acceptors (Lipinski definition) is 5. The van der Waals surface area contributed by atoms with Crippen LogP contribution in [0.2, 0.25) is 0 Å². The molecule has 162 valence electrons. The van der Waals surface area contributed by atoms with Crippen molar-refractivity contribution in [2.45, 2.75) is 19.9 Å². The zero-order valence-electron chi connectivity index (χ0n) is 17.7. The second kappa shape index (κ2) is 18.0. The third-order valence-corrected chi connectivity index (χ3v) is 4.00. The summed E-state index contributed by atoms with van der Waals surface area (Å²) in [5.74, 6) is 1.68. The zero-order valence-corrected chi connectivity index (χ0v) is 20.0. The van der Waals surface area contributed by atoms with Crippen LogP contribution in [0.15, 0.2) is 29.3 Å². The Morgan fingerprint density at radius 3 is 2.39 bits per heavy atom. The number of methoxy groups -OCH3 is 2. The molecular formula is C20H37IN4O3. The summed E-state index contributed by atoms with van der Waals surface area (Å²) in [6.45, 7) is 8.36. The van der Waals surface area contributed by atoms with E-state index < -0.39 is 0 Å². The fourth-order valence-electron chi connectivity index (χ4n) is 2.33. The van der Waals surface area contributed by atoms with Crippen LogP contribution in [0.1, 0.15) is 18.9 Å². The van der Waals surface area contributed by atoms with Gasteiger partial charge in [-0.2, -0.15) is 0 Å². The number of nitrogens with zero attached hydrogens (tertiary/aromatic N) is 2. The summed E-state index contributed by atoms with van der Waals surface area (Å²) < 4.78 is 15.7. The van der Waals surface area contributed by atoms with Crippen LogP contribution in [-0.4, -0.2) is 78.1 Å². The summed E-state index contributed by atoms with van der Waals surface area (Å²) in [5.41, 5.74) is 1.14. The summed E-state index contributed by atoms with van der Waals surface area (Å²) in [4.78, 5) is 6.92. The van der Waals surface area contributed by atoms with Gasteiger partial charge in [0.25, 0.3) is 0 Å². The number of rotatable bonds is 14. The van der Waals surface area contributed by atoms with Crippen LogP contribution in [-0.2, 0) is 16.0 Å². The molecular weight excluding hydrogens is 471 g/mol. The number of ether oxygens (including phenoxy) is 3. The van der Waals surface area contributed by atoms with Gasteiger partial charge in [0.2, 0.25) is 0 Å². The smallest absolute Gasteiger partial charge is 0.191 e. The lowest BCUT2D eigenvalue weighted by atomic mass is 10.2. The average molecular weight is 508 g/mol. The van der Waals surface area contributed by atoms with Gasteiger partial charge in [-0.15, -0.1) is 24.0 Å². The van der Waals surface area contributed by atoms with Gasteiger partial charge in [-0.1, -0.05) is 12.1 Å². The lowest BCUT2D eigenvalue weighted by Crippen LogP contribution is -2.42. The molecule has 2 N–H and O–H groups in total. The minimum atomic E-state index is 0. The third-order valence-electron chi connectivity index (χ3n) is 4.00. The molecule has 0 unspecified atom stereocenters. The highest BCUT2D eigenvalue weighted by Crippen LogP contribution is 2.11. The Kier molecular flexibility index (Phi) is 17.3. The van der Waals surface area contributed by atoms with Crippen LogP contribution in [0.3, 0.4) is 0 Å². The summed E-state index contributed by atoms with van der Waals surface area (Å²) in [5, 5.41) is 6.78. The van der Waals surface area contributed by atoms with E-state index in [1.165, 1.54) is 0 Å². The molecule has 7 nitrogen and oxygen atoms in total. The molecule has 28 heavy (non-hydrogen) atoms. The van der Waals surface area contributed by atoms with Crippen molar-refractivity contribution in [2.75, 3.05) is 67.3 Å². The Morgan fingerprint density at radius 2 is 1.75 bits per heavy atom. The molecule has 0 bridgehead atoms. The van der Waals surface area contributed by atoms with Gasteiger partial charge in [0, 0.05) is 46.5 Å². The third kappa shape index (κ3) is 13.1.